The number of nitro benzene ring substituents is 1. The molecule has 2 amide bonds. The Balaban J connectivity index is 1.71. The number of nitrogens with one attached hydrogen (secondary N) is 2. The van der Waals surface area contributed by atoms with Crippen molar-refractivity contribution in [2.45, 2.75) is 13.0 Å². The lowest BCUT2D eigenvalue weighted by atomic mass is 10.1. The topological polar surface area (TPSA) is 119 Å². The van der Waals surface area contributed by atoms with Gasteiger partial charge in [0.1, 0.15) is 11.1 Å². The Hall–Kier alpha value is -3.72. The van der Waals surface area contributed by atoms with Crippen molar-refractivity contribution < 1.29 is 14.5 Å². The number of hydrogen-bond donors (Lipinski definition) is 2. The fourth-order valence-electron chi connectivity index (χ4n) is 2.55. The molecular formula is C19H16ClN5O4. The van der Waals surface area contributed by atoms with Gasteiger partial charge in [0.15, 0.2) is 0 Å². The lowest BCUT2D eigenvalue weighted by Gasteiger charge is -2.13. The molecule has 0 radical (unpaired) electrons. The standard InChI is InChI=1S/C19H16ClN5O4/c1-12(24-9-3-8-21-24)18(26)22-14-4-2-5-15(11-14)23-19(27)13-6-7-16(20)17(10-13)25(28)29/h2-12H,1H3,(H,22,26)(H,23,27). The zero-order valence-electron chi connectivity index (χ0n) is 15.2. The lowest BCUT2D eigenvalue weighted by molar-refractivity contribution is -0.384. The molecule has 0 spiro atoms. The van der Waals surface area contributed by atoms with Crippen molar-refractivity contribution in [1.29, 1.82) is 0 Å². The van der Waals surface area contributed by atoms with Gasteiger partial charge >= 0.3 is 0 Å². The van der Waals surface area contributed by atoms with Gasteiger partial charge in [0.05, 0.1) is 4.92 Å². The minimum atomic E-state index is -0.657. The third-order valence-electron chi connectivity index (χ3n) is 4.09. The van der Waals surface area contributed by atoms with E-state index in [9.17, 15) is 19.7 Å². The van der Waals surface area contributed by atoms with Crippen molar-refractivity contribution in [2.75, 3.05) is 10.6 Å². The summed E-state index contributed by atoms with van der Waals surface area (Å²) in [6.07, 6.45) is 3.27. The number of carbonyl (C=O) groups is 2. The Bertz CT molecular complexity index is 1070. The summed E-state index contributed by atoms with van der Waals surface area (Å²) in [6, 6.07) is 11.5. The second kappa shape index (κ2) is 8.53. The third-order valence-corrected chi connectivity index (χ3v) is 4.41. The number of anilines is 2. The number of nitrogens with zero attached hydrogens (tertiary/aromatic N) is 3. The first-order chi connectivity index (χ1) is 13.8. The molecule has 0 saturated heterocycles. The van der Waals surface area contributed by atoms with Gasteiger partial charge < -0.3 is 10.6 Å². The quantitative estimate of drug-likeness (QED) is 0.469. The van der Waals surface area contributed by atoms with E-state index in [2.05, 4.69) is 15.7 Å². The maximum absolute atomic E-state index is 12.4. The maximum Gasteiger partial charge on any atom is 0.288 e. The van der Waals surface area contributed by atoms with Crippen molar-refractivity contribution in [3.63, 3.8) is 0 Å². The normalized spacial score (nSPS) is 11.5. The van der Waals surface area contributed by atoms with Crippen molar-refractivity contribution in [1.82, 2.24) is 9.78 Å². The number of aromatic nitrogens is 2. The molecule has 0 aliphatic rings. The number of nitro groups is 1. The van der Waals surface area contributed by atoms with E-state index in [0.29, 0.717) is 11.4 Å². The number of halogens is 1. The SMILES string of the molecule is CC(C(=O)Nc1cccc(NC(=O)c2ccc(Cl)c([N+](=O)[O-])c2)c1)n1cccn1. The van der Waals surface area contributed by atoms with Crippen LogP contribution in [0.2, 0.25) is 5.02 Å². The molecule has 3 rings (SSSR count). The van der Waals surface area contributed by atoms with Gasteiger partial charge in [-0.3, -0.25) is 24.4 Å². The molecule has 1 heterocycles. The molecule has 2 N–H and O–H groups in total. The van der Waals surface area contributed by atoms with E-state index in [4.69, 9.17) is 11.6 Å². The fraction of sp³-hybridized carbons (Fsp3) is 0.105. The van der Waals surface area contributed by atoms with Gasteiger partial charge in [-0.05, 0) is 43.3 Å². The number of benzene rings is 2. The van der Waals surface area contributed by atoms with Crippen LogP contribution in [0.4, 0.5) is 17.1 Å². The van der Waals surface area contributed by atoms with Gasteiger partial charge in [0.25, 0.3) is 11.6 Å². The van der Waals surface area contributed by atoms with Gasteiger partial charge in [0, 0.05) is 35.4 Å². The van der Waals surface area contributed by atoms with Crippen LogP contribution < -0.4 is 10.6 Å². The van der Waals surface area contributed by atoms with Crippen LogP contribution in [0.25, 0.3) is 0 Å². The van der Waals surface area contributed by atoms with Crippen molar-refractivity contribution in [2.24, 2.45) is 0 Å². The lowest BCUT2D eigenvalue weighted by Crippen LogP contribution is -2.24. The molecule has 0 fully saturated rings. The van der Waals surface area contributed by atoms with Crippen LogP contribution in [0.1, 0.15) is 23.3 Å². The molecule has 9 nitrogen and oxygen atoms in total. The van der Waals surface area contributed by atoms with E-state index in [1.54, 1.807) is 49.6 Å². The Morgan fingerprint density at radius 3 is 2.52 bits per heavy atom. The van der Waals surface area contributed by atoms with Gasteiger partial charge in [-0.25, -0.2) is 0 Å². The largest absolute Gasteiger partial charge is 0.324 e. The second-order valence-electron chi connectivity index (χ2n) is 6.11. The molecule has 3 aromatic rings. The highest BCUT2D eigenvalue weighted by molar-refractivity contribution is 6.32. The van der Waals surface area contributed by atoms with Crippen LogP contribution in [0.15, 0.2) is 60.9 Å². The van der Waals surface area contributed by atoms with E-state index >= 15 is 0 Å². The summed E-state index contributed by atoms with van der Waals surface area (Å²) >= 11 is 5.77. The molecule has 1 unspecified atom stereocenters. The zero-order valence-corrected chi connectivity index (χ0v) is 16.0. The molecule has 1 atom stereocenters. The average molecular weight is 414 g/mol. The smallest absolute Gasteiger partial charge is 0.288 e. The first-order valence-electron chi connectivity index (χ1n) is 8.50. The number of carbonyl (C=O) groups excluding carboxylic acids is 2. The predicted octanol–water partition coefficient (Wildman–Crippen LogP) is 3.90. The number of hydrogen-bond acceptors (Lipinski definition) is 5. The van der Waals surface area contributed by atoms with E-state index in [1.165, 1.54) is 16.8 Å². The molecule has 0 aliphatic carbocycles. The summed E-state index contributed by atoms with van der Waals surface area (Å²) < 4.78 is 1.52. The Kier molecular flexibility index (Phi) is 5.89. The van der Waals surface area contributed by atoms with Crippen LogP contribution in [-0.4, -0.2) is 26.5 Å². The zero-order chi connectivity index (χ0) is 21.0. The van der Waals surface area contributed by atoms with Crippen LogP contribution in [-0.2, 0) is 4.79 Å². The maximum atomic E-state index is 12.4. The van der Waals surface area contributed by atoms with Crippen molar-refractivity contribution in [3.8, 4) is 0 Å². The van der Waals surface area contributed by atoms with Crippen LogP contribution in [0.5, 0.6) is 0 Å². The first-order valence-corrected chi connectivity index (χ1v) is 8.88. The molecule has 2 aromatic carbocycles. The highest BCUT2D eigenvalue weighted by Crippen LogP contribution is 2.26. The summed E-state index contributed by atoms with van der Waals surface area (Å²) in [5.41, 5.74) is 0.627. The summed E-state index contributed by atoms with van der Waals surface area (Å²) in [4.78, 5) is 35.1. The summed E-state index contributed by atoms with van der Waals surface area (Å²) in [5, 5.41) is 20.4. The van der Waals surface area contributed by atoms with Crippen molar-refractivity contribution >= 4 is 40.5 Å². The van der Waals surface area contributed by atoms with Gasteiger partial charge in [0.2, 0.25) is 5.91 Å². The third kappa shape index (κ3) is 4.77. The summed E-state index contributed by atoms with van der Waals surface area (Å²) in [7, 11) is 0. The Labute approximate surface area is 170 Å². The minimum absolute atomic E-state index is 0.0532. The van der Waals surface area contributed by atoms with Crippen LogP contribution in [0.3, 0.4) is 0 Å². The van der Waals surface area contributed by atoms with Crippen molar-refractivity contribution in [3.05, 3.63) is 81.6 Å². The number of rotatable bonds is 6. The molecule has 148 valence electrons. The number of amides is 2. The van der Waals surface area contributed by atoms with Gasteiger partial charge in [-0.1, -0.05) is 17.7 Å². The highest BCUT2D eigenvalue weighted by Gasteiger charge is 2.17. The fourth-order valence-corrected chi connectivity index (χ4v) is 2.73. The molecule has 10 heteroatoms. The summed E-state index contributed by atoms with van der Waals surface area (Å²) in [6.45, 7) is 1.71. The van der Waals surface area contributed by atoms with Gasteiger partial charge in [-0.2, -0.15) is 5.10 Å². The molecule has 0 bridgehead atoms. The van der Waals surface area contributed by atoms with Crippen LogP contribution in [0, 0.1) is 10.1 Å². The molecule has 29 heavy (non-hydrogen) atoms. The molecular weight excluding hydrogens is 398 g/mol. The van der Waals surface area contributed by atoms with E-state index in [-0.39, 0.29) is 22.2 Å². The molecule has 1 aromatic heterocycles. The van der Waals surface area contributed by atoms with E-state index < -0.39 is 16.9 Å². The molecule has 0 saturated carbocycles. The monoisotopic (exact) mass is 413 g/mol. The average Bonchev–Trinajstić information content (AvgIpc) is 3.22. The molecule has 0 aliphatic heterocycles. The van der Waals surface area contributed by atoms with E-state index in [1.807, 2.05) is 0 Å². The Morgan fingerprint density at radius 1 is 1.14 bits per heavy atom. The van der Waals surface area contributed by atoms with Gasteiger partial charge in [-0.15, -0.1) is 0 Å². The first kappa shape index (κ1) is 20.0. The summed E-state index contributed by atoms with van der Waals surface area (Å²) in [5.74, 6) is -0.816. The minimum Gasteiger partial charge on any atom is -0.324 e. The second-order valence-corrected chi connectivity index (χ2v) is 6.52. The highest BCUT2D eigenvalue weighted by atomic mass is 35.5. The predicted molar refractivity (Wildman–Crippen MR) is 108 cm³/mol. The van der Waals surface area contributed by atoms with Crippen LogP contribution >= 0.6 is 11.6 Å². The van der Waals surface area contributed by atoms with E-state index in [0.717, 1.165) is 6.07 Å². The Morgan fingerprint density at radius 2 is 1.86 bits per heavy atom.